The lowest BCUT2D eigenvalue weighted by atomic mass is 9.81. The summed E-state index contributed by atoms with van der Waals surface area (Å²) in [7, 11) is 0. The fraction of sp³-hybridized carbons (Fsp3) is 0.400. The van der Waals surface area contributed by atoms with Gasteiger partial charge in [-0.3, -0.25) is 9.59 Å². The highest BCUT2D eigenvalue weighted by molar-refractivity contribution is 6.00. The number of carbonyl (C=O) groups excluding carboxylic acids is 1. The van der Waals surface area contributed by atoms with Gasteiger partial charge in [-0.1, -0.05) is 44.4 Å². The number of carboxylic acids is 1. The minimum absolute atomic E-state index is 0.0794. The Morgan fingerprint density at radius 1 is 1.16 bits per heavy atom. The minimum Gasteiger partial charge on any atom is -0.481 e. The molecule has 1 aliphatic heterocycles. The van der Waals surface area contributed by atoms with Crippen molar-refractivity contribution >= 4 is 11.9 Å². The Balaban J connectivity index is 2.02. The number of fused-ring (bicyclic) bond motifs is 1. The van der Waals surface area contributed by atoms with Crippen LogP contribution in [0.15, 0.2) is 42.6 Å². The molecular weight excluding hydrogens is 316 g/mol. The quantitative estimate of drug-likeness (QED) is 0.749. The first-order chi connectivity index (χ1) is 12.1. The number of nitrogens with zero attached hydrogens (tertiary/aromatic N) is 1. The summed E-state index contributed by atoms with van der Waals surface area (Å²) in [6.07, 6.45) is 5.93. The molecular formula is C20H24N2O3. The molecule has 0 fully saturated rings. The molecule has 1 aliphatic rings. The summed E-state index contributed by atoms with van der Waals surface area (Å²) in [5.74, 6) is -1.75. The van der Waals surface area contributed by atoms with Crippen LogP contribution in [0.4, 0.5) is 0 Å². The van der Waals surface area contributed by atoms with Gasteiger partial charge in [0.15, 0.2) is 0 Å². The van der Waals surface area contributed by atoms with Gasteiger partial charge in [0.25, 0.3) is 5.91 Å². The molecule has 0 radical (unpaired) electrons. The van der Waals surface area contributed by atoms with E-state index in [9.17, 15) is 14.7 Å². The molecule has 0 saturated carbocycles. The van der Waals surface area contributed by atoms with E-state index < -0.39 is 17.9 Å². The number of carbonyl (C=O) groups is 2. The summed E-state index contributed by atoms with van der Waals surface area (Å²) in [6, 6.07) is 10.3. The van der Waals surface area contributed by atoms with Gasteiger partial charge in [-0.25, -0.2) is 0 Å². The maximum absolute atomic E-state index is 13.1. The van der Waals surface area contributed by atoms with Crippen molar-refractivity contribution in [2.45, 2.75) is 44.6 Å². The molecule has 132 valence electrons. The van der Waals surface area contributed by atoms with Crippen LogP contribution >= 0.6 is 0 Å². The molecule has 2 unspecified atom stereocenters. The van der Waals surface area contributed by atoms with Crippen LogP contribution in [0.1, 0.15) is 66.2 Å². The SMILES string of the molecule is CCCCCCN1C(=O)c2ccccc2C(C(=O)O)C1c1ccc[nH]1. The van der Waals surface area contributed by atoms with Gasteiger partial charge in [-0.2, -0.15) is 0 Å². The maximum Gasteiger partial charge on any atom is 0.313 e. The Hall–Kier alpha value is -2.56. The van der Waals surface area contributed by atoms with Crippen LogP contribution in [0, 0.1) is 0 Å². The van der Waals surface area contributed by atoms with Crippen molar-refractivity contribution in [3.8, 4) is 0 Å². The standard InChI is InChI=1S/C20H24N2O3/c1-2-3-4-7-13-22-18(16-11-8-12-21-16)17(20(24)25)14-9-5-6-10-15(14)19(22)23/h5-6,8-12,17-18,21H,2-4,7,13H2,1H3,(H,24,25). The zero-order valence-electron chi connectivity index (χ0n) is 14.4. The van der Waals surface area contributed by atoms with Crippen LogP contribution in [0.25, 0.3) is 0 Å². The minimum atomic E-state index is -0.905. The van der Waals surface area contributed by atoms with Crippen molar-refractivity contribution in [2.24, 2.45) is 0 Å². The third-order valence-electron chi connectivity index (χ3n) is 4.90. The van der Waals surface area contributed by atoms with Crippen LogP contribution in [0.5, 0.6) is 0 Å². The molecule has 1 aromatic carbocycles. The number of unbranched alkanes of at least 4 members (excludes halogenated alkanes) is 3. The number of nitrogens with one attached hydrogen (secondary N) is 1. The Labute approximate surface area is 147 Å². The van der Waals surface area contributed by atoms with Crippen LogP contribution in [-0.2, 0) is 4.79 Å². The summed E-state index contributed by atoms with van der Waals surface area (Å²) in [5, 5.41) is 9.92. The molecule has 2 aromatic rings. The van der Waals surface area contributed by atoms with Gasteiger partial charge in [0, 0.05) is 24.0 Å². The normalized spacial score (nSPS) is 19.7. The largest absolute Gasteiger partial charge is 0.481 e. The van der Waals surface area contributed by atoms with Crippen molar-refractivity contribution in [1.29, 1.82) is 0 Å². The molecule has 1 amide bonds. The molecule has 0 saturated heterocycles. The Morgan fingerprint density at radius 2 is 1.96 bits per heavy atom. The summed E-state index contributed by atoms with van der Waals surface area (Å²) >= 11 is 0. The number of aromatic nitrogens is 1. The summed E-state index contributed by atoms with van der Waals surface area (Å²) in [6.45, 7) is 2.71. The van der Waals surface area contributed by atoms with E-state index >= 15 is 0 Å². The van der Waals surface area contributed by atoms with Crippen LogP contribution in [-0.4, -0.2) is 33.4 Å². The smallest absolute Gasteiger partial charge is 0.313 e. The first-order valence-corrected chi connectivity index (χ1v) is 8.91. The molecule has 2 heterocycles. The number of benzene rings is 1. The Kier molecular flexibility index (Phi) is 5.22. The van der Waals surface area contributed by atoms with Gasteiger partial charge in [0.2, 0.25) is 0 Å². The molecule has 25 heavy (non-hydrogen) atoms. The predicted molar refractivity (Wildman–Crippen MR) is 95.5 cm³/mol. The van der Waals surface area contributed by atoms with E-state index in [1.165, 1.54) is 0 Å². The third-order valence-corrected chi connectivity index (χ3v) is 4.90. The number of hydrogen-bond donors (Lipinski definition) is 2. The van der Waals surface area contributed by atoms with E-state index in [4.69, 9.17) is 0 Å². The van der Waals surface area contributed by atoms with E-state index in [1.807, 2.05) is 12.1 Å². The Morgan fingerprint density at radius 3 is 2.64 bits per heavy atom. The Bertz CT molecular complexity index is 739. The monoisotopic (exact) mass is 340 g/mol. The number of aromatic amines is 1. The number of carboxylic acid groups (broad SMARTS) is 1. The molecule has 0 aliphatic carbocycles. The van der Waals surface area contributed by atoms with Gasteiger partial charge in [-0.05, 0) is 30.2 Å². The second kappa shape index (κ2) is 7.55. The average Bonchev–Trinajstić information content (AvgIpc) is 3.14. The van der Waals surface area contributed by atoms with Gasteiger partial charge in [-0.15, -0.1) is 0 Å². The van der Waals surface area contributed by atoms with Crippen molar-refractivity contribution in [3.63, 3.8) is 0 Å². The second-order valence-corrected chi connectivity index (χ2v) is 6.53. The van der Waals surface area contributed by atoms with Crippen LogP contribution in [0.3, 0.4) is 0 Å². The summed E-state index contributed by atoms with van der Waals surface area (Å²) in [5.41, 5.74) is 1.88. The lowest BCUT2D eigenvalue weighted by Gasteiger charge is -2.40. The van der Waals surface area contributed by atoms with Gasteiger partial charge < -0.3 is 15.0 Å². The third kappa shape index (κ3) is 3.31. The van der Waals surface area contributed by atoms with Crippen molar-refractivity contribution in [3.05, 3.63) is 59.4 Å². The van der Waals surface area contributed by atoms with Crippen molar-refractivity contribution < 1.29 is 14.7 Å². The van der Waals surface area contributed by atoms with Crippen molar-refractivity contribution in [2.75, 3.05) is 6.54 Å². The van der Waals surface area contributed by atoms with E-state index in [0.29, 0.717) is 17.7 Å². The van der Waals surface area contributed by atoms with E-state index in [2.05, 4.69) is 11.9 Å². The van der Waals surface area contributed by atoms with Crippen molar-refractivity contribution in [1.82, 2.24) is 9.88 Å². The molecule has 5 nitrogen and oxygen atoms in total. The van der Waals surface area contributed by atoms with E-state index in [1.54, 1.807) is 35.4 Å². The molecule has 1 aromatic heterocycles. The lowest BCUT2D eigenvalue weighted by Crippen LogP contribution is -2.45. The van der Waals surface area contributed by atoms with E-state index in [0.717, 1.165) is 31.4 Å². The highest BCUT2D eigenvalue weighted by Crippen LogP contribution is 2.42. The van der Waals surface area contributed by atoms with Gasteiger partial charge in [0.05, 0.1) is 6.04 Å². The average molecular weight is 340 g/mol. The van der Waals surface area contributed by atoms with E-state index in [-0.39, 0.29) is 5.91 Å². The highest BCUT2D eigenvalue weighted by atomic mass is 16.4. The maximum atomic E-state index is 13.1. The summed E-state index contributed by atoms with van der Waals surface area (Å²) in [4.78, 5) is 30.0. The van der Waals surface area contributed by atoms with Gasteiger partial charge in [0.1, 0.15) is 5.92 Å². The fourth-order valence-electron chi connectivity index (χ4n) is 3.69. The predicted octanol–water partition coefficient (Wildman–Crippen LogP) is 3.96. The number of amides is 1. The lowest BCUT2D eigenvalue weighted by molar-refractivity contribution is -0.140. The molecule has 5 heteroatoms. The molecule has 3 rings (SSSR count). The zero-order valence-corrected chi connectivity index (χ0v) is 14.4. The fourth-order valence-corrected chi connectivity index (χ4v) is 3.69. The molecule has 0 spiro atoms. The molecule has 2 N–H and O–H groups in total. The van der Waals surface area contributed by atoms with Crippen LogP contribution in [0.2, 0.25) is 0 Å². The van der Waals surface area contributed by atoms with Crippen LogP contribution < -0.4 is 0 Å². The first kappa shape index (κ1) is 17.3. The number of rotatable bonds is 7. The topological polar surface area (TPSA) is 73.4 Å². The molecule has 0 bridgehead atoms. The first-order valence-electron chi connectivity index (χ1n) is 8.91. The zero-order chi connectivity index (χ0) is 17.8. The number of aliphatic carboxylic acids is 1. The number of hydrogen-bond acceptors (Lipinski definition) is 2. The van der Waals surface area contributed by atoms with Gasteiger partial charge >= 0.3 is 5.97 Å². The number of H-pyrrole nitrogens is 1. The summed E-state index contributed by atoms with van der Waals surface area (Å²) < 4.78 is 0. The second-order valence-electron chi connectivity index (χ2n) is 6.53. The molecule has 2 atom stereocenters. The highest BCUT2D eigenvalue weighted by Gasteiger charge is 2.44.